The van der Waals surface area contributed by atoms with E-state index in [0.29, 0.717) is 5.69 Å². The molecule has 5 nitrogen and oxygen atoms in total. The quantitative estimate of drug-likeness (QED) is 0.867. The minimum absolute atomic E-state index is 0.0539. The van der Waals surface area contributed by atoms with Crippen LogP contribution < -0.4 is 10.0 Å². The van der Waals surface area contributed by atoms with Gasteiger partial charge in [-0.3, -0.25) is 9.29 Å². The summed E-state index contributed by atoms with van der Waals surface area (Å²) in [7, 11) is -2.50. The second kappa shape index (κ2) is 4.85. The molecular formula is C12H12FN3O2S. The molecule has 0 spiro atoms. The van der Waals surface area contributed by atoms with Gasteiger partial charge in [-0.15, -0.1) is 0 Å². The fraction of sp³-hybridized carbons (Fsp3) is 0.0833. The van der Waals surface area contributed by atoms with E-state index in [2.05, 4.69) is 4.98 Å². The first-order valence-electron chi connectivity index (χ1n) is 5.36. The molecule has 0 amide bonds. The topological polar surface area (TPSA) is 76.3 Å². The summed E-state index contributed by atoms with van der Waals surface area (Å²) in [6.07, 6.45) is 2.93. The van der Waals surface area contributed by atoms with Crippen LogP contribution in [0, 0.1) is 5.82 Å². The van der Waals surface area contributed by atoms with Crippen molar-refractivity contribution >= 4 is 21.4 Å². The maximum atomic E-state index is 13.2. The van der Waals surface area contributed by atoms with Gasteiger partial charge in [0.15, 0.2) is 0 Å². The fourth-order valence-corrected chi connectivity index (χ4v) is 2.82. The van der Waals surface area contributed by atoms with Crippen molar-refractivity contribution in [1.82, 2.24) is 4.98 Å². The summed E-state index contributed by atoms with van der Waals surface area (Å²) in [6.45, 7) is 0. The number of rotatable bonds is 3. The first-order valence-corrected chi connectivity index (χ1v) is 6.80. The van der Waals surface area contributed by atoms with E-state index in [-0.39, 0.29) is 10.6 Å². The van der Waals surface area contributed by atoms with Crippen LogP contribution in [0.3, 0.4) is 0 Å². The number of benzene rings is 1. The number of halogens is 1. The average molecular weight is 281 g/mol. The van der Waals surface area contributed by atoms with Crippen molar-refractivity contribution in [2.75, 3.05) is 17.1 Å². The Balaban J connectivity index is 2.48. The van der Waals surface area contributed by atoms with Crippen LogP contribution >= 0.6 is 0 Å². The van der Waals surface area contributed by atoms with Gasteiger partial charge in [0.2, 0.25) is 0 Å². The van der Waals surface area contributed by atoms with Crippen LogP contribution in [0.1, 0.15) is 0 Å². The van der Waals surface area contributed by atoms with Crippen LogP contribution in [0.15, 0.2) is 47.6 Å². The van der Waals surface area contributed by atoms with E-state index in [0.717, 1.165) is 16.4 Å². The van der Waals surface area contributed by atoms with E-state index in [1.54, 1.807) is 12.1 Å². The third-order valence-electron chi connectivity index (χ3n) is 2.56. The van der Waals surface area contributed by atoms with Gasteiger partial charge in [-0.05, 0) is 30.3 Å². The Bertz CT molecular complexity index is 669. The molecule has 0 unspecified atom stereocenters. The fourth-order valence-electron chi connectivity index (χ4n) is 1.57. The molecular weight excluding hydrogens is 269 g/mol. The minimum Gasteiger partial charge on any atom is -0.399 e. The molecule has 0 atom stereocenters. The molecule has 0 aliphatic carbocycles. The van der Waals surface area contributed by atoms with Crippen molar-refractivity contribution in [2.24, 2.45) is 0 Å². The summed E-state index contributed by atoms with van der Waals surface area (Å²) in [5.41, 5.74) is 5.89. The third-order valence-corrected chi connectivity index (χ3v) is 4.32. The number of sulfonamides is 1. The van der Waals surface area contributed by atoms with E-state index in [9.17, 15) is 12.8 Å². The lowest BCUT2D eigenvalue weighted by atomic mass is 10.3. The smallest absolute Gasteiger partial charge is 0.264 e. The second-order valence-corrected chi connectivity index (χ2v) is 5.87. The van der Waals surface area contributed by atoms with Crippen LogP contribution in [0.4, 0.5) is 15.8 Å². The molecule has 0 radical (unpaired) electrons. The molecule has 0 aliphatic rings. The lowest BCUT2D eigenvalue weighted by Gasteiger charge is -2.19. The Morgan fingerprint density at radius 3 is 2.63 bits per heavy atom. The van der Waals surface area contributed by atoms with E-state index in [4.69, 9.17) is 5.73 Å². The van der Waals surface area contributed by atoms with Crippen LogP contribution in [0.2, 0.25) is 0 Å². The third kappa shape index (κ3) is 2.65. The molecule has 0 saturated heterocycles. The van der Waals surface area contributed by atoms with Gasteiger partial charge in [-0.1, -0.05) is 0 Å². The molecule has 1 aromatic heterocycles. The van der Waals surface area contributed by atoms with E-state index >= 15 is 0 Å². The zero-order valence-electron chi connectivity index (χ0n) is 10.1. The molecule has 0 fully saturated rings. The Kier molecular flexibility index (Phi) is 3.39. The zero-order chi connectivity index (χ0) is 14.0. The van der Waals surface area contributed by atoms with Crippen LogP contribution in [-0.2, 0) is 10.0 Å². The molecule has 0 bridgehead atoms. The van der Waals surface area contributed by atoms with Crippen molar-refractivity contribution in [3.05, 3.63) is 48.5 Å². The number of nitrogen functional groups attached to an aromatic ring is 1. The first kappa shape index (κ1) is 13.3. The number of pyridine rings is 1. The standard InChI is InChI=1S/C12H12FN3O2S/c1-16(11-3-2-4-15-8-11)19(17,18)12-6-9(13)5-10(14)7-12/h2-8H,14H2,1H3. The summed E-state index contributed by atoms with van der Waals surface area (Å²) >= 11 is 0. The number of nitrogens with zero attached hydrogens (tertiary/aromatic N) is 2. The minimum atomic E-state index is -3.86. The van der Waals surface area contributed by atoms with Crippen molar-refractivity contribution in [3.63, 3.8) is 0 Å². The van der Waals surface area contributed by atoms with E-state index in [1.807, 2.05) is 0 Å². The maximum Gasteiger partial charge on any atom is 0.264 e. The molecule has 100 valence electrons. The molecule has 2 aromatic rings. The number of nitrogens with two attached hydrogens (primary N) is 1. The summed E-state index contributed by atoms with van der Waals surface area (Å²) in [5.74, 6) is -0.696. The lowest BCUT2D eigenvalue weighted by Crippen LogP contribution is -2.26. The summed E-state index contributed by atoms with van der Waals surface area (Å²) < 4.78 is 38.9. The number of anilines is 2. The van der Waals surface area contributed by atoms with Gasteiger partial charge in [0, 0.05) is 18.9 Å². The summed E-state index contributed by atoms with van der Waals surface area (Å²) in [5, 5.41) is 0. The lowest BCUT2D eigenvalue weighted by molar-refractivity contribution is 0.589. The van der Waals surface area contributed by atoms with Crippen LogP contribution in [0.5, 0.6) is 0 Å². The molecule has 2 rings (SSSR count). The van der Waals surface area contributed by atoms with E-state index in [1.165, 1.54) is 25.5 Å². The largest absolute Gasteiger partial charge is 0.399 e. The predicted octanol–water partition coefficient (Wildman–Crippen LogP) is 1.63. The summed E-state index contributed by atoms with van der Waals surface area (Å²) in [6, 6.07) is 6.40. The second-order valence-electron chi connectivity index (χ2n) is 3.90. The Labute approximate surface area is 110 Å². The predicted molar refractivity (Wildman–Crippen MR) is 70.6 cm³/mol. The molecule has 1 aromatic carbocycles. The number of hydrogen-bond acceptors (Lipinski definition) is 4. The van der Waals surface area contributed by atoms with Crippen molar-refractivity contribution in [2.45, 2.75) is 4.90 Å². The van der Waals surface area contributed by atoms with Gasteiger partial charge in [0.05, 0.1) is 16.8 Å². The van der Waals surface area contributed by atoms with Gasteiger partial charge in [-0.2, -0.15) is 0 Å². The van der Waals surface area contributed by atoms with Crippen molar-refractivity contribution < 1.29 is 12.8 Å². The van der Waals surface area contributed by atoms with Gasteiger partial charge in [-0.25, -0.2) is 12.8 Å². The highest BCUT2D eigenvalue weighted by Crippen LogP contribution is 2.23. The monoisotopic (exact) mass is 281 g/mol. The highest BCUT2D eigenvalue weighted by Gasteiger charge is 2.22. The SMILES string of the molecule is CN(c1cccnc1)S(=O)(=O)c1cc(N)cc(F)c1. The summed E-state index contributed by atoms with van der Waals surface area (Å²) in [4.78, 5) is 3.65. The first-order chi connectivity index (χ1) is 8.91. The van der Waals surface area contributed by atoms with Gasteiger partial charge in [0.25, 0.3) is 10.0 Å². The van der Waals surface area contributed by atoms with Crippen molar-refractivity contribution in [1.29, 1.82) is 0 Å². The van der Waals surface area contributed by atoms with Crippen LogP contribution in [0.25, 0.3) is 0 Å². The molecule has 2 N–H and O–H groups in total. The van der Waals surface area contributed by atoms with Gasteiger partial charge >= 0.3 is 0 Å². The molecule has 1 heterocycles. The Hall–Kier alpha value is -2.15. The normalized spacial score (nSPS) is 11.3. The molecule has 7 heteroatoms. The highest BCUT2D eigenvalue weighted by molar-refractivity contribution is 7.92. The Morgan fingerprint density at radius 2 is 2.05 bits per heavy atom. The Morgan fingerprint density at radius 1 is 1.32 bits per heavy atom. The van der Waals surface area contributed by atoms with Crippen molar-refractivity contribution in [3.8, 4) is 0 Å². The zero-order valence-corrected chi connectivity index (χ0v) is 10.9. The number of aromatic nitrogens is 1. The van der Waals surface area contributed by atoms with Gasteiger partial charge < -0.3 is 5.73 Å². The van der Waals surface area contributed by atoms with Gasteiger partial charge in [0.1, 0.15) is 5.82 Å². The number of hydrogen-bond donors (Lipinski definition) is 1. The maximum absolute atomic E-state index is 13.2. The molecule has 0 saturated carbocycles. The average Bonchev–Trinajstić information content (AvgIpc) is 2.37. The molecule has 19 heavy (non-hydrogen) atoms. The van der Waals surface area contributed by atoms with E-state index < -0.39 is 15.8 Å². The van der Waals surface area contributed by atoms with Crippen LogP contribution in [-0.4, -0.2) is 20.4 Å². The molecule has 0 aliphatic heterocycles. The highest BCUT2D eigenvalue weighted by atomic mass is 32.2.